The zero-order valence-electron chi connectivity index (χ0n) is 16.9. The topological polar surface area (TPSA) is 109 Å². The highest BCUT2D eigenvalue weighted by atomic mass is 16.5. The molecule has 1 N–H and O–H groups in total. The van der Waals surface area contributed by atoms with Gasteiger partial charge < -0.3 is 24.4 Å². The van der Waals surface area contributed by atoms with Gasteiger partial charge in [0, 0.05) is 17.0 Å². The monoisotopic (exact) mass is 400 g/mol. The highest BCUT2D eigenvalue weighted by Gasteiger charge is 2.24. The molecule has 7 heteroatoms. The summed E-state index contributed by atoms with van der Waals surface area (Å²) in [5.74, 6) is -1.77. The van der Waals surface area contributed by atoms with E-state index in [-0.39, 0.29) is 11.5 Å². The minimum atomic E-state index is -1.32. The van der Waals surface area contributed by atoms with Crippen LogP contribution in [0.2, 0.25) is 0 Å². The first-order valence-electron chi connectivity index (χ1n) is 10.1. The minimum absolute atomic E-state index is 0.266. The first-order valence-corrected chi connectivity index (χ1v) is 10.1. The number of aryl methyl sites for hydroxylation is 1. The number of benzene rings is 1. The SMILES string of the molecule is CC[C@H](C)[C@H](NC(=O)[C@@H](C)Oc1ccc2c3c(c(=O)oc2c1)CCCC3)C(=O)[O-]. The van der Waals surface area contributed by atoms with Crippen LogP contribution >= 0.6 is 0 Å². The number of aliphatic carboxylic acids is 1. The largest absolute Gasteiger partial charge is 0.548 e. The summed E-state index contributed by atoms with van der Waals surface area (Å²) < 4.78 is 11.1. The van der Waals surface area contributed by atoms with Gasteiger partial charge in [0.25, 0.3) is 5.91 Å². The van der Waals surface area contributed by atoms with Crippen LogP contribution < -0.4 is 20.8 Å². The van der Waals surface area contributed by atoms with Crippen molar-refractivity contribution >= 4 is 22.8 Å². The first kappa shape index (κ1) is 20.9. The fraction of sp³-hybridized carbons (Fsp3) is 0.500. The van der Waals surface area contributed by atoms with Gasteiger partial charge in [0.2, 0.25) is 0 Å². The van der Waals surface area contributed by atoms with Gasteiger partial charge in [-0.1, -0.05) is 20.3 Å². The summed E-state index contributed by atoms with van der Waals surface area (Å²) in [4.78, 5) is 36.0. The summed E-state index contributed by atoms with van der Waals surface area (Å²) in [5, 5.41) is 14.7. The van der Waals surface area contributed by atoms with Gasteiger partial charge in [-0.15, -0.1) is 0 Å². The molecular weight excluding hydrogens is 374 g/mol. The molecule has 1 aliphatic carbocycles. The summed E-state index contributed by atoms with van der Waals surface area (Å²) in [5.41, 5.74) is 1.89. The standard InChI is InChI=1S/C22H27NO6/c1-4-12(2)19(21(25)26)23-20(24)13(3)28-14-9-10-16-15-7-5-6-8-17(15)22(27)29-18(16)11-14/h9-13,19H,4-8H2,1-3H3,(H,23,24)(H,25,26)/p-1/t12-,13+,19-/m0/s1. The van der Waals surface area contributed by atoms with E-state index in [0.717, 1.165) is 42.2 Å². The Labute approximate surface area is 169 Å². The number of carboxylic acid groups (broad SMARTS) is 1. The van der Waals surface area contributed by atoms with Gasteiger partial charge in [0.05, 0.1) is 12.0 Å². The number of hydrogen-bond donors (Lipinski definition) is 1. The quantitative estimate of drug-likeness (QED) is 0.709. The second-order valence-corrected chi connectivity index (χ2v) is 7.66. The Balaban J connectivity index is 1.78. The van der Waals surface area contributed by atoms with Crippen LogP contribution in [0.3, 0.4) is 0 Å². The number of nitrogens with one attached hydrogen (secondary N) is 1. The highest BCUT2D eigenvalue weighted by Crippen LogP contribution is 2.29. The van der Waals surface area contributed by atoms with Crippen molar-refractivity contribution < 1.29 is 23.8 Å². The number of rotatable bonds is 7. The molecule has 7 nitrogen and oxygen atoms in total. The van der Waals surface area contributed by atoms with E-state index in [4.69, 9.17) is 9.15 Å². The van der Waals surface area contributed by atoms with Crippen LogP contribution in [0.1, 0.15) is 51.2 Å². The molecule has 0 spiro atoms. The Morgan fingerprint density at radius 1 is 1.21 bits per heavy atom. The van der Waals surface area contributed by atoms with Gasteiger partial charge in [-0.25, -0.2) is 4.79 Å². The molecule has 0 fully saturated rings. The van der Waals surface area contributed by atoms with Crippen molar-refractivity contribution in [3.05, 3.63) is 39.7 Å². The van der Waals surface area contributed by atoms with Gasteiger partial charge >= 0.3 is 5.63 Å². The normalized spacial score (nSPS) is 16.5. The molecule has 1 aromatic heterocycles. The Kier molecular flexibility index (Phi) is 6.25. The Bertz CT molecular complexity index is 979. The summed E-state index contributed by atoms with van der Waals surface area (Å²) in [6, 6.07) is 4.08. The van der Waals surface area contributed by atoms with Gasteiger partial charge in [-0.3, -0.25) is 4.79 Å². The third kappa shape index (κ3) is 4.44. The van der Waals surface area contributed by atoms with Crippen LogP contribution in [0.15, 0.2) is 27.4 Å². The average molecular weight is 400 g/mol. The smallest absolute Gasteiger partial charge is 0.339 e. The van der Waals surface area contributed by atoms with E-state index in [2.05, 4.69) is 5.32 Å². The number of ether oxygens (including phenoxy) is 1. The van der Waals surface area contributed by atoms with E-state index in [9.17, 15) is 19.5 Å². The Morgan fingerprint density at radius 3 is 2.55 bits per heavy atom. The van der Waals surface area contributed by atoms with Crippen LogP contribution in [0.5, 0.6) is 5.75 Å². The maximum Gasteiger partial charge on any atom is 0.339 e. The zero-order valence-corrected chi connectivity index (χ0v) is 16.9. The lowest BCUT2D eigenvalue weighted by Crippen LogP contribution is -2.54. The molecule has 1 amide bonds. The lowest BCUT2D eigenvalue weighted by atomic mass is 9.91. The lowest BCUT2D eigenvalue weighted by molar-refractivity contribution is -0.309. The third-order valence-corrected chi connectivity index (χ3v) is 5.64. The van der Waals surface area contributed by atoms with E-state index in [0.29, 0.717) is 17.8 Å². The van der Waals surface area contributed by atoms with Gasteiger partial charge in [-0.2, -0.15) is 0 Å². The average Bonchev–Trinajstić information content (AvgIpc) is 2.71. The van der Waals surface area contributed by atoms with Crippen molar-refractivity contribution in [1.29, 1.82) is 0 Å². The number of carbonyl (C=O) groups is 2. The molecule has 156 valence electrons. The molecule has 0 unspecified atom stereocenters. The predicted octanol–water partition coefficient (Wildman–Crippen LogP) is 1.72. The molecule has 0 radical (unpaired) electrons. The molecule has 3 rings (SSSR count). The highest BCUT2D eigenvalue weighted by molar-refractivity contribution is 5.86. The maximum absolute atomic E-state index is 12.4. The lowest BCUT2D eigenvalue weighted by Gasteiger charge is -2.26. The number of amides is 1. The third-order valence-electron chi connectivity index (χ3n) is 5.64. The zero-order chi connectivity index (χ0) is 21.1. The van der Waals surface area contributed by atoms with Crippen molar-refractivity contribution in [3.63, 3.8) is 0 Å². The molecule has 1 aromatic carbocycles. The molecule has 29 heavy (non-hydrogen) atoms. The molecule has 3 atom stereocenters. The van der Waals surface area contributed by atoms with E-state index in [1.54, 1.807) is 19.1 Å². The fourth-order valence-electron chi connectivity index (χ4n) is 3.70. The Hall–Kier alpha value is -2.83. The molecule has 1 heterocycles. The second-order valence-electron chi connectivity index (χ2n) is 7.66. The van der Waals surface area contributed by atoms with E-state index < -0.39 is 24.0 Å². The number of fused-ring (bicyclic) bond motifs is 3. The summed E-state index contributed by atoms with van der Waals surface area (Å²) in [6.45, 7) is 5.11. The number of hydrogen-bond acceptors (Lipinski definition) is 6. The summed E-state index contributed by atoms with van der Waals surface area (Å²) >= 11 is 0. The minimum Gasteiger partial charge on any atom is -0.548 e. The predicted molar refractivity (Wildman–Crippen MR) is 106 cm³/mol. The fourth-order valence-corrected chi connectivity index (χ4v) is 3.70. The molecule has 0 bridgehead atoms. The van der Waals surface area contributed by atoms with Crippen molar-refractivity contribution in [2.75, 3.05) is 0 Å². The molecule has 0 saturated carbocycles. The molecule has 1 aliphatic rings. The van der Waals surface area contributed by atoms with E-state index in [1.807, 2.05) is 13.0 Å². The van der Waals surface area contributed by atoms with Gasteiger partial charge in [0.15, 0.2) is 6.10 Å². The van der Waals surface area contributed by atoms with Crippen LogP contribution in [0, 0.1) is 5.92 Å². The summed E-state index contributed by atoms with van der Waals surface area (Å²) in [6.07, 6.45) is 3.26. The van der Waals surface area contributed by atoms with Gasteiger partial charge in [0.1, 0.15) is 11.3 Å². The van der Waals surface area contributed by atoms with Crippen LogP contribution in [-0.4, -0.2) is 24.0 Å². The van der Waals surface area contributed by atoms with Crippen LogP contribution in [0.4, 0.5) is 0 Å². The molecule has 0 saturated heterocycles. The van der Waals surface area contributed by atoms with Crippen molar-refractivity contribution in [1.82, 2.24) is 5.32 Å². The number of carbonyl (C=O) groups excluding carboxylic acids is 2. The van der Waals surface area contributed by atoms with E-state index in [1.165, 1.54) is 6.92 Å². The van der Waals surface area contributed by atoms with Crippen LogP contribution in [-0.2, 0) is 22.4 Å². The second kappa shape index (κ2) is 8.68. The Morgan fingerprint density at radius 2 is 1.90 bits per heavy atom. The molecular formula is C22H26NO6-. The van der Waals surface area contributed by atoms with Crippen molar-refractivity contribution in [2.24, 2.45) is 5.92 Å². The molecule has 0 aliphatic heterocycles. The van der Waals surface area contributed by atoms with Crippen molar-refractivity contribution in [3.8, 4) is 5.75 Å². The van der Waals surface area contributed by atoms with Gasteiger partial charge in [-0.05, 0) is 56.2 Å². The van der Waals surface area contributed by atoms with E-state index >= 15 is 0 Å². The van der Waals surface area contributed by atoms with Crippen molar-refractivity contribution in [2.45, 2.75) is 65.0 Å². The first-order chi connectivity index (χ1) is 13.8. The summed E-state index contributed by atoms with van der Waals surface area (Å²) in [7, 11) is 0. The number of carboxylic acids is 1. The van der Waals surface area contributed by atoms with Crippen LogP contribution in [0.25, 0.3) is 11.0 Å². The molecule has 2 aromatic rings. The maximum atomic E-state index is 12.4.